The van der Waals surface area contributed by atoms with Crippen molar-refractivity contribution in [2.45, 2.75) is 51.0 Å². The van der Waals surface area contributed by atoms with E-state index in [1.165, 1.54) is 5.56 Å². The monoisotopic (exact) mass is 367 g/mol. The highest BCUT2D eigenvalue weighted by Gasteiger charge is 2.29. The molecule has 2 rings (SSSR count). The molecule has 0 bridgehead atoms. The van der Waals surface area contributed by atoms with E-state index in [1.54, 1.807) is 6.92 Å². The van der Waals surface area contributed by atoms with Crippen molar-refractivity contribution in [2.75, 3.05) is 11.5 Å². The Morgan fingerprint density at radius 1 is 1.32 bits per heavy atom. The Kier molecular flexibility index (Phi) is 6.58. The van der Waals surface area contributed by atoms with Crippen LogP contribution < -0.4 is 5.32 Å². The number of carboxylic acids is 1. The van der Waals surface area contributed by atoms with Crippen LogP contribution in [0.25, 0.3) is 0 Å². The van der Waals surface area contributed by atoms with Gasteiger partial charge in [-0.2, -0.15) is 0 Å². The first kappa shape index (κ1) is 19.4. The number of carbonyl (C=O) groups excluding carboxylic acids is 1. The molecule has 2 atom stereocenters. The molecule has 2 N–H and O–H groups in total. The van der Waals surface area contributed by atoms with Crippen molar-refractivity contribution in [3.63, 3.8) is 0 Å². The van der Waals surface area contributed by atoms with Gasteiger partial charge in [-0.25, -0.2) is 13.2 Å². The van der Waals surface area contributed by atoms with Crippen molar-refractivity contribution in [2.24, 2.45) is 0 Å². The molecule has 1 aromatic rings. The quantitative estimate of drug-likeness (QED) is 0.731. The third-order valence-corrected chi connectivity index (χ3v) is 6.25. The number of aryl methyl sites for hydroxylation is 1. The van der Waals surface area contributed by atoms with Gasteiger partial charge in [-0.1, -0.05) is 31.2 Å². The molecule has 0 saturated carbocycles. The number of fused-ring (bicyclic) bond motifs is 1. The number of amides is 1. The first-order valence-corrected chi connectivity index (χ1v) is 10.4. The molecule has 0 heterocycles. The summed E-state index contributed by atoms with van der Waals surface area (Å²) in [5.41, 5.74) is 2.35. The Morgan fingerprint density at radius 3 is 2.72 bits per heavy atom. The van der Waals surface area contributed by atoms with Crippen LogP contribution in [0.1, 0.15) is 49.7 Å². The van der Waals surface area contributed by atoms with Gasteiger partial charge in [-0.05, 0) is 49.1 Å². The lowest BCUT2D eigenvalue weighted by Crippen LogP contribution is -2.44. The van der Waals surface area contributed by atoms with Gasteiger partial charge in [0.25, 0.3) is 0 Å². The summed E-state index contributed by atoms with van der Waals surface area (Å²) in [7, 11) is -3.49. The normalized spacial score (nSPS) is 18.2. The molecule has 0 radical (unpaired) electrons. The van der Waals surface area contributed by atoms with Gasteiger partial charge < -0.3 is 10.4 Å². The molecule has 0 saturated heterocycles. The van der Waals surface area contributed by atoms with E-state index in [-0.39, 0.29) is 18.1 Å². The first-order chi connectivity index (χ1) is 11.8. The zero-order valence-electron chi connectivity index (χ0n) is 14.4. The third kappa shape index (κ3) is 5.56. The van der Waals surface area contributed by atoms with E-state index in [0.29, 0.717) is 6.42 Å². The van der Waals surface area contributed by atoms with Crippen molar-refractivity contribution < 1.29 is 23.1 Å². The number of benzene rings is 1. The average molecular weight is 367 g/mol. The number of rotatable bonds is 8. The maximum absolute atomic E-state index is 12.0. The van der Waals surface area contributed by atoms with Gasteiger partial charge in [0.05, 0.1) is 5.75 Å². The highest BCUT2D eigenvalue weighted by atomic mass is 32.2. The average Bonchev–Trinajstić information content (AvgIpc) is 2.53. The Bertz CT molecular complexity index is 729. The maximum Gasteiger partial charge on any atom is 0.326 e. The highest BCUT2D eigenvalue weighted by molar-refractivity contribution is 7.92. The molecular weight excluding hydrogens is 342 g/mol. The molecule has 2 unspecified atom stereocenters. The molecule has 0 spiro atoms. The Morgan fingerprint density at radius 2 is 2.04 bits per heavy atom. The lowest BCUT2D eigenvalue weighted by molar-refractivity contribution is -0.141. The SMILES string of the molecule is CCCS(=O)(=O)CC(=O)NC(CC1CCCc2ccccc21)C(=O)O. The second-order valence-corrected chi connectivity index (χ2v) is 8.76. The van der Waals surface area contributed by atoms with Crippen LogP contribution in [0.15, 0.2) is 24.3 Å². The minimum absolute atomic E-state index is 0.0543. The summed E-state index contributed by atoms with van der Waals surface area (Å²) in [5.74, 6) is -2.56. The molecule has 1 aliphatic rings. The summed E-state index contributed by atoms with van der Waals surface area (Å²) in [6, 6.07) is 6.87. The highest BCUT2D eigenvalue weighted by Crippen LogP contribution is 2.34. The van der Waals surface area contributed by atoms with E-state index in [2.05, 4.69) is 5.32 Å². The van der Waals surface area contributed by atoms with Gasteiger partial charge in [-0.3, -0.25) is 4.79 Å². The van der Waals surface area contributed by atoms with Gasteiger partial charge in [0.2, 0.25) is 5.91 Å². The minimum Gasteiger partial charge on any atom is -0.480 e. The summed E-state index contributed by atoms with van der Waals surface area (Å²) >= 11 is 0. The Balaban J connectivity index is 2.05. The predicted molar refractivity (Wildman–Crippen MR) is 95.2 cm³/mol. The van der Waals surface area contributed by atoms with Crippen LogP contribution in [0.3, 0.4) is 0 Å². The summed E-state index contributed by atoms with van der Waals surface area (Å²) < 4.78 is 23.5. The molecular formula is C18H25NO5S. The van der Waals surface area contributed by atoms with Crippen molar-refractivity contribution in [1.29, 1.82) is 0 Å². The smallest absolute Gasteiger partial charge is 0.326 e. The molecule has 25 heavy (non-hydrogen) atoms. The summed E-state index contributed by atoms with van der Waals surface area (Å²) in [4.78, 5) is 23.5. The fourth-order valence-electron chi connectivity index (χ4n) is 3.42. The molecule has 138 valence electrons. The van der Waals surface area contributed by atoms with Crippen LogP contribution in [-0.4, -0.2) is 42.9 Å². The lowest BCUT2D eigenvalue weighted by atomic mass is 9.79. The zero-order valence-corrected chi connectivity index (χ0v) is 15.2. The van der Waals surface area contributed by atoms with E-state index < -0.39 is 33.5 Å². The fraction of sp³-hybridized carbons (Fsp3) is 0.556. The van der Waals surface area contributed by atoms with Crippen LogP contribution in [0, 0.1) is 0 Å². The van der Waals surface area contributed by atoms with Crippen molar-refractivity contribution in [3.8, 4) is 0 Å². The molecule has 0 aromatic heterocycles. The second kappa shape index (κ2) is 8.47. The van der Waals surface area contributed by atoms with Gasteiger partial charge in [-0.15, -0.1) is 0 Å². The van der Waals surface area contributed by atoms with Gasteiger partial charge in [0.1, 0.15) is 11.8 Å². The minimum atomic E-state index is -3.49. The first-order valence-electron chi connectivity index (χ1n) is 8.62. The van der Waals surface area contributed by atoms with E-state index in [0.717, 1.165) is 24.8 Å². The standard InChI is InChI=1S/C18H25NO5S/c1-2-10-25(23,24)12-17(20)19-16(18(21)22)11-14-8-5-7-13-6-3-4-9-15(13)14/h3-4,6,9,14,16H,2,5,7-8,10-12H2,1H3,(H,19,20)(H,21,22). The van der Waals surface area contributed by atoms with E-state index in [9.17, 15) is 23.1 Å². The number of sulfone groups is 1. The Labute approximate surface area is 148 Å². The molecule has 1 aliphatic carbocycles. The molecule has 0 aliphatic heterocycles. The van der Waals surface area contributed by atoms with Gasteiger partial charge >= 0.3 is 5.97 Å². The summed E-state index contributed by atoms with van der Waals surface area (Å²) in [6.07, 6.45) is 3.52. The number of carboxylic acid groups (broad SMARTS) is 1. The number of carbonyl (C=O) groups is 2. The van der Waals surface area contributed by atoms with Crippen LogP contribution in [0.4, 0.5) is 0 Å². The zero-order chi connectivity index (χ0) is 18.4. The fourth-order valence-corrected chi connectivity index (χ4v) is 4.67. The van der Waals surface area contributed by atoms with Gasteiger partial charge in [0, 0.05) is 0 Å². The summed E-state index contributed by atoms with van der Waals surface area (Å²) in [6.45, 7) is 1.72. The summed E-state index contributed by atoms with van der Waals surface area (Å²) in [5, 5.41) is 11.8. The van der Waals surface area contributed by atoms with E-state index in [1.807, 2.05) is 24.3 Å². The molecule has 1 amide bonds. The second-order valence-electron chi connectivity index (χ2n) is 6.57. The van der Waals surface area contributed by atoms with Crippen LogP contribution in [0.2, 0.25) is 0 Å². The van der Waals surface area contributed by atoms with Crippen molar-refractivity contribution >= 4 is 21.7 Å². The predicted octanol–water partition coefficient (Wildman–Crippen LogP) is 1.89. The van der Waals surface area contributed by atoms with Crippen molar-refractivity contribution in [1.82, 2.24) is 5.32 Å². The Hall–Kier alpha value is -1.89. The maximum atomic E-state index is 12.0. The topological polar surface area (TPSA) is 101 Å². The largest absolute Gasteiger partial charge is 0.480 e. The number of hydrogen-bond acceptors (Lipinski definition) is 4. The molecule has 0 fully saturated rings. The van der Waals surface area contributed by atoms with Crippen LogP contribution in [-0.2, 0) is 25.8 Å². The van der Waals surface area contributed by atoms with E-state index >= 15 is 0 Å². The molecule has 6 nitrogen and oxygen atoms in total. The number of nitrogens with one attached hydrogen (secondary N) is 1. The van der Waals surface area contributed by atoms with Crippen molar-refractivity contribution in [3.05, 3.63) is 35.4 Å². The van der Waals surface area contributed by atoms with E-state index in [4.69, 9.17) is 0 Å². The van der Waals surface area contributed by atoms with Crippen LogP contribution >= 0.6 is 0 Å². The lowest BCUT2D eigenvalue weighted by Gasteiger charge is -2.28. The van der Waals surface area contributed by atoms with Crippen LogP contribution in [0.5, 0.6) is 0 Å². The number of aliphatic carboxylic acids is 1. The van der Waals surface area contributed by atoms with Gasteiger partial charge in [0.15, 0.2) is 9.84 Å². The number of hydrogen-bond donors (Lipinski definition) is 2. The molecule has 7 heteroatoms. The third-order valence-electron chi connectivity index (χ3n) is 4.51. The molecule has 1 aromatic carbocycles.